The second-order valence-corrected chi connectivity index (χ2v) is 16.5. The van der Waals surface area contributed by atoms with Gasteiger partial charge in [-0.25, -0.2) is 0 Å². The van der Waals surface area contributed by atoms with Crippen molar-refractivity contribution >= 4 is 17.9 Å². The summed E-state index contributed by atoms with van der Waals surface area (Å²) in [5.41, 5.74) is 0. The van der Waals surface area contributed by atoms with Crippen molar-refractivity contribution in [2.75, 3.05) is 13.2 Å². The zero-order valence-corrected chi connectivity index (χ0v) is 41.0. The van der Waals surface area contributed by atoms with Crippen LogP contribution in [0.1, 0.15) is 207 Å². The van der Waals surface area contributed by atoms with Gasteiger partial charge in [-0.15, -0.1) is 0 Å². The minimum absolute atomic E-state index is 0.105. The summed E-state index contributed by atoms with van der Waals surface area (Å²) in [4.78, 5) is 38.0. The van der Waals surface area contributed by atoms with Crippen LogP contribution in [0.15, 0.2) is 122 Å². The Morgan fingerprint density at radius 1 is 0.328 bits per heavy atom. The molecule has 0 aromatic carbocycles. The summed E-state index contributed by atoms with van der Waals surface area (Å²) < 4.78 is 16.8. The van der Waals surface area contributed by atoms with E-state index < -0.39 is 6.10 Å². The van der Waals surface area contributed by atoms with E-state index in [1.807, 2.05) is 0 Å². The lowest BCUT2D eigenvalue weighted by atomic mass is 10.1. The van der Waals surface area contributed by atoms with Crippen molar-refractivity contribution in [1.29, 1.82) is 0 Å². The van der Waals surface area contributed by atoms with E-state index in [4.69, 9.17) is 14.2 Å². The van der Waals surface area contributed by atoms with Crippen molar-refractivity contribution in [2.45, 2.75) is 213 Å². The van der Waals surface area contributed by atoms with Crippen molar-refractivity contribution in [3.05, 3.63) is 122 Å². The lowest BCUT2D eigenvalue weighted by Gasteiger charge is -2.18. The Morgan fingerprint density at radius 3 is 0.953 bits per heavy atom. The van der Waals surface area contributed by atoms with E-state index in [0.29, 0.717) is 19.3 Å². The third-order valence-corrected chi connectivity index (χ3v) is 10.4. The molecule has 0 aliphatic heterocycles. The summed E-state index contributed by atoms with van der Waals surface area (Å²) in [6, 6.07) is 0. The number of hydrogen-bond acceptors (Lipinski definition) is 6. The average molecular weight is 885 g/mol. The van der Waals surface area contributed by atoms with Gasteiger partial charge < -0.3 is 14.2 Å². The molecule has 0 aliphatic rings. The van der Waals surface area contributed by atoms with Crippen molar-refractivity contribution in [1.82, 2.24) is 0 Å². The maximum Gasteiger partial charge on any atom is 0.306 e. The van der Waals surface area contributed by atoms with E-state index in [1.54, 1.807) is 0 Å². The molecule has 0 heterocycles. The molecular formula is C58H92O6. The van der Waals surface area contributed by atoms with Crippen molar-refractivity contribution < 1.29 is 28.6 Å². The number of carbonyl (C=O) groups excluding carboxylic acids is 3. The maximum atomic E-state index is 12.8. The first kappa shape index (κ1) is 59.8. The molecule has 0 spiro atoms. The molecule has 0 radical (unpaired) electrons. The van der Waals surface area contributed by atoms with E-state index in [9.17, 15) is 14.4 Å². The highest BCUT2D eigenvalue weighted by molar-refractivity contribution is 5.71. The predicted octanol–water partition coefficient (Wildman–Crippen LogP) is 16.9. The molecule has 6 heteroatoms. The lowest BCUT2D eigenvalue weighted by molar-refractivity contribution is -0.167. The molecule has 6 nitrogen and oxygen atoms in total. The Morgan fingerprint density at radius 2 is 0.609 bits per heavy atom. The molecule has 0 rings (SSSR count). The number of esters is 3. The highest BCUT2D eigenvalue weighted by Crippen LogP contribution is 2.13. The molecule has 0 fully saturated rings. The van der Waals surface area contributed by atoms with Gasteiger partial charge in [-0.1, -0.05) is 226 Å². The molecule has 0 N–H and O–H groups in total. The minimum atomic E-state index is -0.806. The number of hydrogen-bond donors (Lipinski definition) is 0. The van der Waals surface area contributed by atoms with Gasteiger partial charge in [0, 0.05) is 19.3 Å². The molecule has 0 aromatic rings. The van der Waals surface area contributed by atoms with Crippen LogP contribution in [0.4, 0.5) is 0 Å². The molecule has 0 aromatic heterocycles. The smallest absolute Gasteiger partial charge is 0.306 e. The van der Waals surface area contributed by atoms with Gasteiger partial charge in [0.1, 0.15) is 13.2 Å². The van der Waals surface area contributed by atoms with Gasteiger partial charge in [-0.2, -0.15) is 0 Å². The van der Waals surface area contributed by atoms with Crippen LogP contribution in [0, 0.1) is 0 Å². The Balaban J connectivity index is 4.50. The number of carbonyl (C=O) groups is 3. The monoisotopic (exact) mass is 885 g/mol. The van der Waals surface area contributed by atoms with Crippen LogP contribution < -0.4 is 0 Å². The van der Waals surface area contributed by atoms with Gasteiger partial charge in [0.05, 0.1) is 0 Å². The van der Waals surface area contributed by atoms with Crippen molar-refractivity contribution in [3.8, 4) is 0 Å². The predicted molar refractivity (Wildman–Crippen MR) is 274 cm³/mol. The van der Waals surface area contributed by atoms with E-state index in [-0.39, 0.29) is 31.1 Å². The molecule has 0 amide bonds. The van der Waals surface area contributed by atoms with Crippen molar-refractivity contribution in [3.63, 3.8) is 0 Å². The number of unbranched alkanes of at least 4 members (excludes halogenated alkanes) is 20. The molecule has 360 valence electrons. The lowest BCUT2D eigenvalue weighted by Crippen LogP contribution is -2.30. The molecule has 64 heavy (non-hydrogen) atoms. The molecule has 0 aliphatic carbocycles. The summed E-state index contributed by atoms with van der Waals surface area (Å²) in [7, 11) is 0. The second-order valence-electron chi connectivity index (χ2n) is 16.5. The molecule has 0 saturated carbocycles. The van der Waals surface area contributed by atoms with Crippen LogP contribution in [0.2, 0.25) is 0 Å². The number of allylic oxidation sites excluding steroid dienone is 20. The first-order chi connectivity index (χ1) is 31.5. The van der Waals surface area contributed by atoms with Gasteiger partial charge in [0.15, 0.2) is 6.10 Å². The highest BCUT2D eigenvalue weighted by Gasteiger charge is 2.19. The van der Waals surface area contributed by atoms with Gasteiger partial charge >= 0.3 is 17.9 Å². The SMILES string of the molecule is CC/C=C/C=C/C=C/CCCCCCCCCC(=O)OC(COC(=O)CCCCCCC/C=C/C=C/C=C/C=C/CCCCC)COC(=O)CCCCCCC/C=C/C=C/C=C/CC. The fourth-order valence-electron chi connectivity index (χ4n) is 6.57. The second kappa shape index (κ2) is 51.4. The quantitative estimate of drug-likeness (QED) is 0.0262. The number of ether oxygens (including phenoxy) is 3. The van der Waals surface area contributed by atoms with Gasteiger partial charge in [0.25, 0.3) is 0 Å². The van der Waals surface area contributed by atoms with Crippen LogP contribution in [-0.4, -0.2) is 37.2 Å². The van der Waals surface area contributed by atoms with Crippen LogP contribution in [0.3, 0.4) is 0 Å². The summed E-state index contributed by atoms with van der Waals surface area (Å²) in [5, 5.41) is 0. The largest absolute Gasteiger partial charge is 0.462 e. The summed E-state index contributed by atoms with van der Waals surface area (Å²) in [5.74, 6) is -0.967. The molecule has 1 unspecified atom stereocenters. The topological polar surface area (TPSA) is 78.9 Å². The van der Waals surface area contributed by atoms with Crippen LogP contribution in [0.5, 0.6) is 0 Å². The minimum Gasteiger partial charge on any atom is -0.462 e. The zero-order valence-electron chi connectivity index (χ0n) is 41.0. The van der Waals surface area contributed by atoms with Gasteiger partial charge in [-0.3, -0.25) is 14.4 Å². The van der Waals surface area contributed by atoms with E-state index in [0.717, 1.165) is 128 Å². The normalized spacial score (nSPS) is 13.1. The number of rotatable bonds is 44. The van der Waals surface area contributed by atoms with Crippen LogP contribution in [0.25, 0.3) is 0 Å². The van der Waals surface area contributed by atoms with E-state index >= 15 is 0 Å². The average Bonchev–Trinajstić information content (AvgIpc) is 3.29. The molecule has 0 saturated heterocycles. The third-order valence-electron chi connectivity index (χ3n) is 10.4. The zero-order chi connectivity index (χ0) is 46.5. The third kappa shape index (κ3) is 48.8. The van der Waals surface area contributed by atoms with Crippen LogP contribution in [-0.2, 0) is 28.6 Å². The van der Waals surface area contributed by atoms with E-state index in [2.05, 4.69) is 142 Å². The standard InChI is InChI=1S/C58H92O6/c1-4-7-10-13-16-19-22-25-27-28-29-31-33-36-39-42-45-48-51-57(60)63-54-55(53-62-56(59)50-47-44-41-38-35-32-24-21-18-15-12-9-6-3)64-58(61)52-49-46-43-40-37-34-30-26-23-20-17-14-11-8-5-2/h8-9,11-12,14-25,27-29,31,55H,4-7,10,13,26,30,32-54H2,1-3H3/b11-8+,12-9+,17-14+,18-15+,19-16+,23-20+,24-21+,25-22+,28-27+,31-29+. The molecular weight excluding hydrogens is 793 g/mol. The van der Waals surface area contributed by atoms with Crippen molar-refractivity contribution in [2.24, 2.45) is 0 Å². The summed E-state index contributed by atoms with van der Waals surface area (Å²) in [6.07, 6.45) is 70.3. The molecule has 1 atom stereocenters. The van der Waals surface area contributed by atoms with Gasteiger partial charge in [-0.05, 0) is 83.5 Å². The van der Waals surface area contributed by atoms with Gasteiger partial charge in [0.2, 0.25) is 0 Å². The van der Waals surface area contributed by atoms with E-state index in [1.165, 1.54) is 38.5 Å². The Bertz CT molecular complexity index is 1390. The Hall–Kier alpha value is -4.19. The maximum absolute atomic E-state index is 12.8. The fraction of sp³-hybridized carbons (Fsp3) is 0.603. The Kier molecular flexibility index (Phi) is 48.1. The Labute approximate surface area is 392 Å². The highest BCUT2D eigenvalue weighted by atomic mass is 16.6. The fourth-order valence-corrected chi connectivity index (χ4v) is 6.57. The summed E-state index contributed by atoms with van der Waals surface area (Å²) >= 11 is 0. The first-order valence-corrected chi connectivity index (χ1v) is 25.7. The summed E-state index contributed by atoms with van der Waals surface area (Å²) in [6.45, 7) is 6.27. The first-order valence-electron chi connectivity index (χ1n) is 25.7. The molecule has 0 bridgehead atoms. The van der Waals surface area contributed by atoms with Crippen LogP contribution >= 0.6 is 0 Å².